The van der Waals surface area contributed by atoms with Crippen LogP contribution in [-0.4, -0.2) is 39.9 Å². The first kappa shape index (κ1) is 33.9. The number of amides is 2. The van der Waals surface area contributed by atoms with Gasteiger partial charge in [-0.3, -0.25) is 4.72 Å². The van der Waals surface area contributed by atoms with E-state index in [1.54, 1.807) is 49.7 Å². The maximum atomic E-state index is 13.4. The number of urea groups is 1. The third-order valence-electron chi connectivity index (χ3n) is 7.47. The Kier molecular flexibility index (Phi) is 9.67. The number of rotatable bonds is 10. The molecule has 5 rings (SSSR count). The van der Waals surface area contributed by atoms with Crippen molar-refractivity contribution in [2.24, 2.45) is 0 Å². The Balaban J connectivity index is 1.39. The molecule has 0 aliphatic heterocycles. The van der Waals surface area contributed by atoms with Gasteiger partial charge in [0.05, 0.1) is 37.5 Å². The summed E-state index contributed by atoms with van der Waals surface area (Å²) in [4.78, 5) is 17.8. The van der Waals surface area contributed by atoms with E-state index in [0.717, 1.165) is 39.6 Å². The second-order valence-corrected chi connectivity index (χ2v) is 14.0. The van der Waals surface area contributed by atoms with Gasteiger partial charge in [-0.05, 0) is 59.9 Å². The first-order chi connectivity index (χ1) is 22.7. The molecule has 12 heteroatoms. The normalized spacial score (nSPS) is 11.5. The molecule has 0 aliphatic carbocycles. The van der Waals surface area contributed by atoms with Crippen molar-refractivity contribution in [1.29, 1.82) is 0 Å². The van der Waals surface area contributed by atoms with Crippen LogP contribution in [-0.2, 0) is 15.4 Å². The van der Waals surface area contributed by atoms with Crippen LogP contribution in [0.5, 0.6) is 23.0 Å². The number of sulfonamides is 1. The first-order valence-electron chi connectivity index (χ1n) is 15.1. The highest BCUT2D eigenvalue weighted by Crippen LogP contribution is 2.40. The van der Waals surface area contributed by atoms with Crippen LogP contribution in [0, 0.1) is 6.92 Å². The zero-order valence-corrected chi connectivity index (χ0v) is 28.7. The Morgan fingerprint density at radius 2 is 1.50 bits per heavy atom. The molecule has 1 heterocycles. The molecular formula is C36H39N5O6S. The number of nitrogens with zero attached hydrogens (tertiary/aromatic N) is 1. The maximum absolute atomic E-state index is 13.4. The smallest absolute Gasteiger partial charge is 0.323 e. The molecule has 0 aliphatic rings. The lowest BCUT2D eigenvalue weighted by Gasteiger charge is -2.24. The topological polar surface area (TPSA) is 140 Å². The summed E-state index contributed by atoms with van der Waals surface area (Å²) in [5.74, 6) is 2.71. The molecule has 11 nitrogen and oxygen atoms in total. The summed E-state index contributed by atoms with van der Waals surface area (Å²) in [6.45, 7) is 7.95. The number of anilines is 5. The Labute approximate surface area is 280 Å². The fraction of sp³-hybridized carbons (Fsp3) is 0.222. The van der Waals surface area contributed by atoms with E-state index < -0.39 is 16.1 Å². The molecule has 0 spiro atoms. The molecule has 0 saturated carbocycles. The zero-order valence-electron chi connectivity index (χ0n) is 27.9. The molecule has 48 heavy (non-hydrogen) atoms. The SMILES string of the molecule is COc1cc(Nc2cc(Oc3ccc(NC(=O)Nc4cc(C(C)(C)C)cc(NS(C)(=O)=O)c4OC)c4ccccc34)ccn2)ccc1C. The number of carbonyl (C=O) groups excluding carboxylic acids is 1. The monoisotopic (exact) mass is 669 g/mol. The van der Waals surface area contributed by atoms with Gasteiger partial charge >= 0.3 is 6.03 Å². The fourth-order valence-corrected chi connectivity index (χ4v) is 5.66. The van der Waals surface area contributed by atoms with E-state index in [0.29, 0.717) is 28.7 Å². The van der Waals surface area contributed by atoms with Crippen molar-refractivity contribution in [3.63, 3.8) is 0 Å². The number of carbonyl (C=O) groups is 1. The number of fused-ring (bicyclic) bond motifs is 1. The summed E-state index contributed by atoms with van der Waals surface area (Å²) in [6.07, 6.45) is 2.72. The Morgan fingerprint density at radius 1 is 0.792 bits per heavy atom. The van der Waals surface area contributed by atoms with E-state index in [9.17, 15) is 13.2 Å². The van der Waals surface area contributed by atoms with Gasteiger partial charge < -0.3 is 30.2 Å². The lowest BCUT2D eigenvalue weighted by Crippen LogP contribution is -2.22. The fourth-order valence-electron chi connectivity index (χ4n) is 5.11. The number of aromatic nitrogens is 1. The summed E-state index contributed by atoms with van der Waals surface area (Å²) in [5.41, 5.74) is 3.38. The molecule has 0 radical (unpaired) electrons. The summed E-state index contributed by atoms with van der Waals surface area (Å²) < 4.78 is 44.0. The number of methoxy groups -OCH3 is 2. The minimum atomic E-state index is -3.62. The van der Waals surface area contributed by atoms with Crippen LogP contribution < -0.4 is 34.9 Å². The maximum Gasteiger partial charge on any atom is 0.323 e. The van der Waals surface area contributed by atoms with Crippen LogP contribution >= 0.6 is 0 Å². The van der Waals surface area contributed by atoms with Gasteiger partial charge in [-0.15, -0.1) is 0 Å². The van der Waals surface area contributed by atoms with Crippen LogP contribution in [0.15, 0.2) is 85.1 Å². The molecule has 2 amide bonds. The van der Waals surface area contributed by atoms with Crippen LogP contribution in [0.25, 0.3) is 10.8 Å². The van der Waals surface area contributed by atoms with Gasteiger partial charge in [-0.1, -0.05) is 51.1 Å². The van der Waals surface area contributed by atoms with Crippen molar-refractivity contribution in [3.8, 4) is 23.0 Å². The quantitative estimate of drug-likeness (QED) is 0.116. The van der Waals surface area contributed by atoms with E-state index in [2.05, 4.69) is 25.7 Å². The molecule has 0 fully saturated rings. The van der Waals surface area contributed by atoms with Gasteiger partial charge in [-0.2, -0.15) is 0 Å². The van der Waals surface area contributed by atoms with E-state index >= 15 is 0 Å². The number of ether oxygens (including phenoxy) is 3. The predicted molar refractivity (Wildman–Crippen MR) is 192 cm³/mol. The Hall–Kier alpha value is -5.49. The average molecular weight is 670 g/mol. The van der Waals surface area contributed by atoms with E-state index in [4.69, 9.17) is 14.2 Å². The Morgan fingerprint density at radius 3 is 2.19 bits per heavy atom. The van der Waals surface area contributed by atoms with Crippen molar-refractivity contribution in [2.75, 3.05) is 41.1 Å². The molecule has 250 valence electrons. The molecule has 1 aromatic heterocycles. The number of pyridine rings is 1. The molecule has 0 bridgehead atoms. The van der Waals surface area contributed by atoms with Gasteiger partial charge in [0, 0.05) is 34.8 Å². The van der Waals surface area contributed by atoms with Crippen LogP contribution in [0.3, 0.4) is 0 Å². The molecule has 4 aromatic carbocycles. The minimum Gasteiger partial charge on any atom is -0.496 e. The lowest BCUT2D eigenvalue weighted by atomic mass is 9.86. The van der Waals surface area contributed by atoms with Gasteiger partial charge in [0.1, 0.15) is 23.1 Å². The van der Waals surface area contributed by atoms with Crippen LogP contribution in [0.2, 0.25) is 0 Å². The van der Waals surface area contributed by atoms with Gasteiger partial charge in [0.2, 0.25) is 10.0 Å². The van der Waals surface area contributed by atoms with Crippen molar-refractivity contribution < 1.29 is 27.4 Å². The van der Waals surface area contributed by atoms with Gasteiger partial charge in [0.15, 0.2) is 5.75 Å². The summed E-state index contributed by atoms with van der Waals surface area (Å²) in [6, 6.07) is 23.4. The number of benzene rings is 4. The van der Waals surface area contributed by atoms with E-state index in [-0.39, 0.29) is 16.9 Å². The first-order valence-corrected chi connectivity index (χ1v) is 17.0. The number of hydrogen-bond acceptors (Lipinski definition) is 8. The second-order valence-electron chi connectivity index (χ2n) is 12.3. The third-order valence-corrected chi connectivity index (χ3v) is 8.07. The van der Waals surface area contributed by atoms with Gasteiger partial charge in [0.25, 0.3) is 0 Å². The minimum absolute atomic E-state index is 0.185. The molecular weight excluding hydrogens is 630 g/mol. The highest BCUT2D eigenvalue weighted by molar-refractivity contribution is 7.92. The van der Waals surface area contributed by atoms with Crippen LogP contribution in [0.1, 0.15) is 31.9 Å². The van der Waals surface area contributed by atoms with Crippen molar-refractivity contribution in [2.45, 2.75) is 33.1 Å². The molecule has 0 unspecified atom stereocenters. The average Bonchev–Trinajstić information content (AvgIpc) is 3.02. The number of nitrogens with one attached hydrogen (secondary N) is 4. The molecule has 0 saturated heterocycles. The lowest BCUT2D eigenvalue weighted by molar-refractivity contribution is 0.262. The highest BCUT2D eigenvalue weighted by Gasteiger charge is 2.22. The van der Waals surface area contributed by atoms with E-state index in [1.807, 2.05) is 70.2 Å². The molecule has 5 aromatic rings. The molecule has 4 N–H and O–H groups in total. The van der Waals surface area contributed by atoms with E-state index in [1.165, 1.54) is 7.11 Å². The van der Waals surface area contributed by atoms with Crippen molar-refractivity contribution >= 4 is 55.4 Å². The summed E-state index contributed by atoms with van der Waals surface area (Å²) >= 11 is 0. The third kappa shape index (κ3) is 8.07. The standard InChI is InChI=1S/C36H39N5O6S/c1-22-12-13-24(20-32(22)45-5)38-33-21-25(16-17-37-33)47-31-15-14-28(26-10-8-9-11-27(26)31)39-35(42)40-29-18-23(36(2,3)4)19-30(34(29)46-6)41-48(7,43)44/h8-21,41H,1-7H3,(H,37,38)(H2,39,40,42). The number of hydrogen-bond donors (Lipinski definition) is 4. The van der Waals surface area contributed by atoms with Crippen LogP contribution in [0.4, 0.5) is 33.4 Å². The second kappa shape index (κ2) is 13.7. The van der Waals surface area contributed by atoms with Crippen molar-refractivity contribution in [1.82, 2.24) is 4.98 Å². The summed E-state index contributed by atoms with van der Waals surface area (Å²) in [5, 5.41) is 10.6. The van der Waals surface area contributed by atoms with Crippen molar-refractivity contribution in [3.05, 3.63) is 96.2 Å². The number of aryl methyl sites for hydroxylation is 1. The largest absolute Gasteiger partial charge is 0.496 e. The van der Waals surface area contributed by atoms with Gasteiger partial charge in [-0.25, -0.2) is 18.2 Å². The Bertz CT molecular complexity index is 2090. The molecule has 0 atom stereocenters. The summed E-state index contributed by atoms with van der Waals surface area (Å²) in [7, 11) is -0.571. The zero-order chi connectivity index (χ0) is 34.6. The predicted octanol–water partition coefficient (Wildman–Crippen LogP) is 8.41. The highest BCUT2D eigenvalue weighted by atomic mass is 32.2.